The van der Waals surface area contributed by atoms with Crippen LogP contribution in [0.1, 0.15) is 5.56 Å². The minimum absolute atomic E-state index is 0.0215. The Hall–Kier alpha value is -2.07. The molecule has 12 heteroatoms. The highest BCUT2D eigenvalue weighted by Crippen LogP contribution is 2.31. The van der Waals surface area contributed by atoms with Crippen LogP contribution in [-0.2, 0) is 10.0 Å². The molecule has 0 amide bonds. The molecular weight excluding hydrogens is 417 g/mol. The van der Waals surface area contributed by atoms with Crippen molar-refractivity contribution in [1.29, 1.82) is 0 Å². The summed E-state index contributed by atoms with van der Waals surface area (Å²) in [5.41, 5.74) is -0.355. The first-order valence-corrected chi connectivity index (χ1v) is 8.90. The van der Waals surface area contributed by atoms with Crippen LogP contribution < -0.4 is 4.83 Å². The molecule has 0 heterocycles. The van der Waals surface area contributed by atoms with Crippen LogP contribution in [0.25, 0.3) is 0 Å². The van der Waals surface area contributed by atoms with Gasteiger partial charge in [0.2, 0.25) is 0 Å². The van der Waals surface area contributed by atoms with Crippen LogP contribution in [0.15, 0.2) is 40.3 Å². The average Bonchev–Trinajstić information content (AvgIpc) is 2.52. The van der Waals surface area contributed by atoms with Crippen molar-refractivity contribution in [1.82, 2.24) is 4.83 Å². The third-order valence-corrected chi connectivity index (χ3v) is 5.27. The van der Waals surface area contributed by atoms with Crippen LogP contribution >= 0.6 is 34.8 Å². The molecule has 0 aliphatic heterocycles. The van der Waals surface area contributed by atoms with Crippen LogP contribution in [-0.4, -0.2) is 24.7 Å². The van der Waals surface area contributed by atoms with E-state index in [-0.39, 0.29) is 37.0 Å². The first-order valence-electron chi connectivity index (χ1n) is 6.28. The first kappa shape index (κ1) is 19.3. The van der Waals surface area contributed by atoms with Crippen molar-refractivity contribution in [2.24, 2.45) is 5.10 Å². The molecular formula is C13H8Cl3N3O5S. The van der Waals surface area contributed by atoms with Crippen molar-refractivity contribution < 1.29 is 18.4 Å². The minimum atomic E-state index is -4.18. The van der Waals surface area contributed by atoms with E-state index in [0.717, 1.165) is 36.5 Å². The van der Waals surface area contributed by atoms with Gasteiger partial charge in [-0.3, -0.25) is 10.1 Å². The predicted octanol–water partition coefficient (Wildman–Crippen LogP) is 3.57. The summed E-state index contributed by atoms with van der Waals surface area (Å²) < 4.78 is 24.4. The minimum Gasteiger partial charge on any atom is -0.507 e. The van der Waals surface area contributed by atoms with Crippen molar-refractivity contribution in [2.45, 2.75) is 4.90 Å². The monoisotopic (exact) mass is 423 g/mol. The van der Waals surface area contributed by atoms with E-state index in [9.17, 15) is 23.6 Å². The molecule has 2 aromatic rings. The molecule has 0 aliphatic rings. The lowest BCUT2D eigenvalue weighted by atomic mass is 10.2. The molecule has 2 aromatic carbocycles. The zero-order chi connectivity index (χ0) is 18.8. The highest BCUT2D eigenvalue weighted by Gasteiger charge is 2.19. The molecule has 0 aromatic heterocycles. The second-order valence-electron chi connectivity index (χ2n) is 4.55. The summed E-state index contributed by atoms with van der Waals surface area (Å²) in [4.78, 5) is 11.5. The summed E-state index contributed by atoms with van der Waals surface area (Å²) in [6.45, 7) is 0. The van der Waals surface area contributed by atoms with E-state index in [2.05, 4.69) is 5.10 Å². The lowest BCUT2D eigenvalue weighted by molar-refractivity contribution is -0.384. The largest absolute Gasteiger partial charge is 0.507 e. The highest BCUT2D eigenvalue weighted by molar-refractivity contribution is 7.89. The maximum absolute atomic E-state index is 12.2. The SMILES string of the molecule is O=[N+]([O-])c1ccc(O)c(/C=N\NS(=O)(=O)c2cc(Cl)c(Cl)cc2Cl)c1. The van der Waals surface area contributed by atoms with E-state index < -0.39 is 14.9 Å². The molecule has 0 fully saturated rings. The summed E-state index contributed by atoms with van der Waals surface area (Å²) in [5, 5.41) is 23.7. The Labute approximate surface area is 156 Å². The second-order valence-corrected chi connectivity index (χ2v) is 7.40. The van der Waals surface area contributed by atoms with Gasteiger partial charge in [0, 0.05) is 17.7 Å². The lowest BCUT2D eigenvalue weighted by Gasteiger charge is -2.07. The van der Waals surface area contributed by atoms with Crippen molar-refractivity contribution >= 4 is 56.7 Å². The molecule has 0 saturated heterocycles. The fourth-order valence-electron chi connectivity index (χ4n) is 1.68. The number of non-ortho nitro benzene ring substituents is 1. The molecule has 0 spiro atoms. The summed E-state index contributed by atoms with van der Waals surface area (Å²) in [7, 11) is -4.18. The van der Waals surface area contributed by atoms with E-state index in [1.807, 2.05) is 4.83 Å². The summed E-state index contributed by atoms with van der Waals surface area (Å²) in [6, 6.07) is 5.42. The molecule has 132 valence electrons. The molecule has 0 bridgehead atoms. The average molecular weight is 425 g/mol. The second kappa shape index (κ2) is 7.44. The summed E-state index contributed by atoms with van der Waals surface area (Å²) in [5.74, 6) is -0.318. The third kappa shape index (κ3) is 4.51. The Bertz CT molecular complexity index is 979. The van der Waals surface area contributed by atoms with Gasteiger partial charge in [0.15, 0.2) is 0 Å². The van der Waals surface area contributed by atoms with Crippen LogP contribution in [0, 0.1) is 10.1 Å². The lowest BCUT2D eigenvalue weighted by Crippen LogP contribution is -2.18. The number of nitrogens with zero attached hydrogens (tertiary/aromatic N) is 2. The van der Waals surface area contributed by atoms with Gasteiger partial charge < -0.3 is 5.11 Å². The number of rotatable bonds is 5. The number of sulfonamides is 1. The molecule has 2 N–H and O–H groups in total. The number of aromatic hydroxyl groups is 1. The number of halogens is 3. The Morgan fingerprint density at radius 2 is 1.76 bits per heavy atom. The van der Waals surface area contributed by atoms with Crippen molar-refractivity contribution in [3.63, 3.8) is 0 Å². The van der Waals surface area contributed by atoms with Crippen molar-refractivity contribution in [3.05, 3.63) is 61.1 Å². The summed E-state index contributed by atoms with van der Waals surface area (Å²) >= 11 is 17.3. The molecule has 0 unspecified atom stereocenters. The van der Waals surface area contributed by atoms with Gasteiger partial charge in [-0.1, -0.05) is 34.8 Å². The van der Waals surface area contributed by atoms with E-state index in [4.69, 9.17) is 34.8 Å². The highest BCUT2D eigenvalue weighted by atomic mass is 35.5. The maximum atomic E-state index is 12.2. The first-order chi connectivity index (χ1) is 11.6. The van der Waals surface area contributed by atoms with Gasteiger partial charge in [-0.2, -0.15) is 13.5 Å². The molecule has 0 saturated carbocycles. The quantitative estimate of drug-likeness (QED) is 0.329. The number of nitro benzene ring substituents is 1. The topological polar surface area (TPSA) is 122 Å². The number of benzene rings is 2. The Morgan fingerprint density at radius 3 is 2.40 bits per heavy atom. The number of hydrogen-bond acceptors (Lipinski definition) is 6. The number of phenolic OH excluding ortho intramolecular Hbond substituents is 1. The Balaban J connectivity index is 2.29. The fourth-order valence-corrected chi connectivity index (χ4v) is 3.48. The number of hydrazone groups is 1. The zero-order valence-electron chi connectivity index (χ0n) is 12.0. The van der Waals surface area contributed by atoms with Crippen LogP contribution in [0.2, 0.25) is 15.1 Å². The predicted molar refractivity (Wildman–Crippen MR) is 94.1 cm³/mol. The summed E-state index contributed by atoms with van der Waals surface area (Å²) in [6.07, 6.45) is 0.908. The van der Waals surface area contributed by atoms with Crippen molar-refractivity contribution in [3.8, 4) is 5.75 Å². The smallest absolute Gasteiger partial charge is 0.278 e. The van der Waals surface area contributed by atoms with Gasteiger partial charge in [0.1, 0.15) is 10.6 Å². The third-order valence-electron chi connectivity index (χ3n) is 2.86. The molecule has 8 nitrogen and oxygen atoms in total. The van der Waals surface area contributed by atoms with Crippen LogP contribution in [0.3, 0.4) is 0 Å². The molecule has 0 atom stereocenters. The number of hydrogen-bond donors (Lipinski definition) is 2. The van der Waals surface area contributed by atoms with Gasteiger partial charge in [-0.15, -0.1) is 0 Å². The molecule has 2 rings (SSSR count). The van der Waals surface area contributed by atoms with Gasteiger partial charge in [0.05, 0.1) is 26.2 Å². The van der Waals surface area contributed by atoms with Crippen LogP contribution in [0.5, 0.6) is 5.75 Å². The maximum Gasteiger partial charge on any atom is 0.278 e. The molecule has 0 radical (unpaired) electrons. The normalized spacial score (nSPS) is 11.6. The fraction of sp³-hybridized carbons (Fsp3) is 0. The van der Waals surface area contributed by atoms with E-state index >= 15 is 0 Å². The van der Waals surface area contributed by atoms with E-state index in [0.29, 0.717) is 0 Å². The standard InChI is InChI=1S/C13H8Cl3N3O5S/c14-9-4-11(16)13(5-10(9)15)25(23,24)18-17-6-7-3-8(19(21)22)1-2-12(7)20/h1-6,18,20H/b17-6-. The van der Waals surface area contributed by atoms with Crippen LogP contribution in [0.4, 0.5) is 5.69 Å². The van der Waals surface area contributed by atoms with E-state index in [1.54, 1.807) is 0 Å². The van der Waals surface area contributed by atoms with Gasteiger partial charge in [-0.25, -0.2) is 4.83 Å². The molecule has 0 aliphatic carbocycles. The van der Waals surface area contributed by atoms with Crippen molar-refractivity contribution in [2.75, 3.05) is 0 Å². The van der Waals surface area contributed by atoms with Gasteiger partial charge in [0.25, 0.3) is 15.7 Å². The Morgan fingerprint density at radius 1 is 1.12 bits per heavy atom. The van der Waals surface area contributed by atoms with E-state index in [1.165, 1.54) is 0 Å². The number of nitro groups is 1. The van der Waals surface area contributed by atoms with Gasteiger partial charge in [-0.05, 0) is 18.2 Å². The number of nitrogens with one attached hydrogen (secondary N) is 1. The Kier molecular flexibility index (Phi) is 5.73. The molecule has 25 heavy (non-hydrogen) atoms. The number of phenols is 1. The zero-order valence-corrected chi connectivity index (χ0v) is 15.1. The van der Waals surface area contributed by atoms with Gasteiger partial charge >= 0.3 is 0 Å².